The molecule has 2 aliphatic carbocycles. The zero-order chi connectivity index (χ0) is 12.2. The topological polar surface area (TPSA) is 38.0 Å². The van der Waals surface area contributed by atoms with Crippen molar-refractivity contribution >= 4 is 11.6 Å². The number of aromatic nitrogens is 2. The van der Waals surface area contributed by atoms with Crippen LogP contribution in [0.5, 0.6) is 0 Å². The largest absolute Gasteiger partial charge is 0.389 e. The van der Waals surface area contributed by atoms with E-state index in [1.165, 1.54) is 12.8 Å². The fourth-order valence-electron chi connectivity index (χ4n) is 3.48. The summed E-state index contributed by atoms with van der Waals surface area (Å²) in [4.78, 5) is 0. The molecular weight excluding hydrogens is 236 g/mol. The first-order valence-electron chi connectivity index (χ1n) is 6.41. The van der Waals surface area contributed by atoms with Crippen molar-refractivity contribution in [2.24, 2.45) is 18.9 Å². The normalized spacial score (nSPS) is 35.8. The number of nitrogens with zero attached hydrogens (tertiary/aromatic N) is 2. The third-order valence-corrected chi connectivity index (χ3v) is 5.02. The molecule has 0 amide bonds. The smallest absolute Gasteiger partial charge is 0.130 e. The molecule has 0 bridgehead atoms. The number of halogens is 1. The van der Waals surface area contributed by atoms with Crippen LogP contribution in [0.3, 0.4) is 0 Å². The van der Waals surface area contributed by atoms with Crippen molar-refractivity contribution < 1.29 is 5.11 Å². The van der Waals surface area contributed by atoms with Crippen LogP contribution < -0.4 is 0 Å². The van der Waals surface area contributed by atoms with Gasteiger partial charge in [0.2, 0.25) is 0 Å². The first-order chi connectivity index (χ1) is 8.01. The highest BCUT2D eigenvalue weighted by atomic mass is 35.5. The zero-order valence-electron chi connectivity index (χ0n) is 10.4. The summed E-state index contributed by atoms with van der Waals surface area (Å²) >= 11 is 6.25. The lowest BCUT2D eigenvalue weighted by Crippen LogP contribution is -2.37. The molecule has 94 valence electrons. The van der Waals surface area contributed by atoms with E-state index in [0.717, 1.165) is 30.0 Å². The van der Waals surface area contributed by atoms with E-state index in [0.29, 0.717) is 17.5 Å². The minimum atomic E-state index is -0.527. The van der Waals surface area contributed by atoms with Crippen LogP contribution in [-0.4, -0.2) is 20.5 Å². The van der Waals surface area contributed by atoms with E-state index in [2.05, 4.69) is 5.10 Å². The minimum Gasteiger partial charge on any atom is -0.389 e. The molecule has 3 nitrogen and oxygen atoms in total. The van der Waals surface area contributed by atoms with Crippen LogP contribution in [-0.2, 0) is 13.5 Å². The maximum Gasteiger partial charge on any atom is 0.130 e. The SMILES string of the molecule is Cc1nn(C)c(Cl)c1CC1(O)CCCC2CC21. The fraction of sp³-hybridized carbons (Fsp3) is 0.769. The quantitative estimate of drug-likeness (QED) is 0.881. The first kappa shape index (κ1) is 11.5. The lowest BCUT2D eigenvalue weighted by Gasteiger charge is -2.32. The Kier molecular flexibility index (Phi) is 2.53. The number of aliphatic hydroxyl groups is 1. The molecule has 0 spiro atoms. The molecule has 2 aliphatic rings. The average Bonchev–Trinajstić information content (AvgIpc) is 3.01. The monoisotopic (exact) mass is 254 g/mol. The first-order valence-corrected chi connectivity index (χ1v) is 6.79. The molecule has 3 rings (SSSR count). The molecule has 0 aliphatic heterocycles. The number of aryl methyl sites for hydroxylation is 2. The van der Waals surface area contributed by atoms with E-state index < -0.39 is 5.60 Å². The van der Waals surface area contributed by atoms with Crippen molar-refractivity contribution in [3.63, 3.8) is 0 Å². The summed E-state index contributed by atoms with van der Waals surface area (Å²) in [6, 6.07) is 0. The molecular formula is C13H19ClN2O. The van der Waals surface area contributed by atoms with Gasteiger partial charge in [0.05, 0.1) is 11.3 Å². The van der Waals surface area contributed by atoms with Crippen molar-refractivity contribution in [1.29, 1.82) is 0 Å². The minimum absolute atomic E-state index is 0.506. The van der Waals surface area contributed by atoms with Crippen molar-refractivity contribution in [2.75, 3.05) is 0 Å². The van der Waals surface area contributed by atoms with Gasteiger partial charge in [-0.15, -0.1) is 0 Å². The Bertz CT molecular complexity index is 457. The number of fused-ring (bicyclic) bond motifs is 1. The van der Waals surface area contributed by atoms with Gasteiger partial charge in [0.15, 0.2) is 0 Å². The van der Waals surface area contributed by atoms with Gasteiger partial charge >= 0.3 is 0 Å². The van der Waals surface area contributed by atoms with Crippen molar-refractivity contribution in [3.05, 3.63) is 16.4 Å². The second-order valence-corrected chi connectivity index (χ2v) is 6.11. The molecule has 2 fully saturated rings. The molecule has 17 heavy (non-hydrogen) atoms. The molecule has 2 saturated carbocycles. The van der Waals surface area contributed by atoms with E-state index in [4.69, 9.17) is 11.6 Å². The second kappa shape index (κ2) is 3.72. The van der Waals surface area contributed by atoms with Crippen LogP contribution in [0.1, 0.15) is 36.9 Å². The third kappa shape index (κ3) is 1.80. The van der Waals surface area contributed by atoms with Crippen molar-refractivity contribution in [3.8, 4) is 0 Å². The van der Waals surface area contributed by atoms with E-state index in [1.807, 2.05) is 14.0 Å². The fourth-order valence-corrected chi connectivity index (χ4v) is 3.72. The molecule has 0 radical (unpaired) electrons. The maximum absolute atomic E-state index is 10.8. The number of hydrogen-bond donors (Lipinski definition) is 1. The van der Waals surface area contributed by atoms with Crippen molar-refractivity contribution in [2.45, 2.75) is 44.6 Å². The Morgan fingerprint density at radius 2 is 2.35 bits per heavy atom. The molecule has 1 N–H and O–H groups in total. The van der Waals surface area contributed by atoms with Gasteiger partial charge in [0, 0.05) is 19.0 Å². The third-order valence-electron chi connectivity index (χ3n) is 4.55. The Hall–Kier alpha value is -0.540. The Balaban J connectivity index is 1.86. The summed E-state index contributed by atoms with van der Waals surface area (Å²) in [6.07, 6.45) is 5.24. The molecule has 1 aromatic rings. The van der Waals surface area contributed by atoms with Crippen LogP contribution in [0.25, 0.3) is 0 Å². The zero-order valence-corrected chi connectivity index (χ0v) is 11.2. The Labute approximate surface area is 107 Å². The highest BCUT2D eigenvalue weighted by Gasteiger charge is 2.54. The van der Waals surface area contributed by atoms with E-state index in [-0.39, 0.29) is 0 Å². The van der Waals surface area contributed by atoms with Gasteiger partial charge in [-0.25, -0.2) is 0 Å². The van der Waals surface area contributed by atoms with Gasteiger partial charge in [-0.2, -0.15) is 5.10 Å². The molecule has 0 saturated heterocycles. The molecule has 1 aromatic heterocycles. The van der Waals surface area contributed by atoms with Crippen molar-refractivity contribution in [1.82, 2.24) is 9.78 Å². The second-order valence-electron chi connectivity index (χ2n) is 5.75. The van der Waals surface area contributed by atoms with Gasteiger partial charge < -0.3 is 5.11 Å². The lowest BCUT2D eigenvalue weighted by molar-refractivity contribution is -0.0105. The highest BCUT2D eigenvalue weighted by Crippen LogP contribution is 2.56. The molecule has 4 heteroatoms. The summed E-state index contributed by atoms with van der Waals surface area (Å²) in [5, 5.41) is 15.8. The van der Waals surface area contributed by atoms with Crippen LogP contribution in [0, 0.1) is 18.8 Å². The number of rotatable bonds is 2. The Morgan fingerprint density at radius 1 is 1.59 bits per heavy atom. The van der Waals surface area contributed by atoms with Gasteiger partial charge in [0.1, 0.15) is 5.15 Å². The van der Waals surface area contributed by atoms with Gasteiger partial charge in [-0.1, -0.05) is 18.0 Å². The molecule has 0 aromatic carbocycles. The number of hydrogen-bond acceptors (Lipinski definition) is 2. The molecule has 1 heterocycles. The van der Waals surface area contributed by atoms with Gasteiger partial charge in [-0.3, -0.25) is 4.68 Å². The highest BCUT2D eigenvalue weighted by molar-refractivity contribution is 6.30. The predicted octanol–water partition coefficient (Wildman–Crippen LogP) is 2.48. The summed E-state index contributed by atoms with van der Waals surface area (Å²) in [7, 11) is 1.85. The predicted molar refractivity (Wildman–Crippen MR) is 67.1 cm³/mol. The van der Waals surface area contributed by atoms with Gasteiger partial charge in [0.25, 0.3) is 0 Å². The molecule has 3 unspecified atom stereocenters. The summed E-state index contributed by atoms with van der Waals surface area (Å²) < 4.78 is 1.70. The summed E-state index contributed by atoms with van der Waals surface area (Å²) in [5.41, 5.74) is 1.46. The molecule has 3 atom stereocenters. The standard InChI is InChI=1S/C13H19ClN2O/c1-8-10(12(14)16(2)15-8)7-13(17)5-3-4-9-6-11(9)13/h9,11,17H,3-7H2,1-2H3. The van der Waals surface area contributed by atoms with Gasteiger partial charge in [-0.05, 0) is 38.0 Å². The van der Waals surface area contributed by atoms with Crippen LogP contribution in [0.15, 0.2) is 0 Å². The summed E-state index contributed by atoms with van der Waals surface area (Å²) in [5.74, 6) is 1.27. The van der Waals surface area contributed by atoms with Crippen LogP contribution in [0.2, 0.25) is 5.15 Å². The lowest BCUT2D eigenvalue weighted by atomic mass is 9.80. The average molecular weight is 255 g/mol. The maximum atomic E-state index is 10.8. The Morgan fingerprint density at radius 3 is 3.00 bits per heavy atom. The van der Waals surface area contributed by atoms with Crippen LogP contribution in [0.4, 0.5) is 0 Å². The van der Waals surface area contributed by atoms with E-state index >= 15 is 0 Å². The van der Waals surface area contributed by atoms with E-state index in [1.54, 1.807) is 4.68 Å². The summed E-state index contributed by atoms with van der Waals surface area (Å²) in [6.45, 7) is 1.97. The van der Waals surface area contributed by atoms with Crippen LogP contribution >= 0.6 is 11.6 Å². The van der Waals surface area contributed by atoms with E-state index in [9.17, 15) is 5.11 Å².